The molecule has 0 spiro atoms. The minimum Gasteiger partial charge on any atom is -0.466 e. The minimum atomic E-state index is 0.00229. The molecule has 0 aliphatic carbocycles. The summed E-state index contributed by atoms with van der Waals surface area (Å²) in [5.74, 6) is 0.00229. The van der Waals surface area contributed by atoms with E-state index in [1.165, 1.54) is 103 Å². The first-order valence-electron chi connectivity index (χ1n) is 13.1. The number of esters is 1. The van der Waals surface area contributed by atoms with Gasteiger partial charge in [0.25, 0.3) is 0 Å². The number of epoxide rings is 1. The molecule has 1 fully saturated rings. The van der Waals surface area contributed by atoms with Crippen molar-refractivity contribution in [2.75, 3.05) is 6.61 Å². The Hall–Kier alpha value is -0.570. The molecule has 3 heteroatoms. The highest BCUT2D eigenvalue weighted by atomic mass is 16.6. The standard InChI is InChI=1S/C26H50O3/c1-3-5-7-9-12-16-20-24-25(29-24)21-17-13-11-14-18-22-26(27)28-23-19-15-10-8-6-4-2/h24-25H,3-23H2,1-2H3. The molecule has 0 bridgehead atoms. The Morgan fingerprint density at radius 3 is 1.62 bits per heavy atom. The van der Waals surface area contributed by atoms with Gasteiger partial charge in [-0.05, 0) is 25.7 Å². The van der Waals surface area contributed by atoms with Gasteiger partial charge in [0.05, 0.1) is 18.8 Å². The molecule has 0 aromatic heterocycles. The van der Waals surface area contributed by atoms with Gasteiger partial charge in [-0.1, -0.05) is 110 Å². The molecule has 0 radical (unpaired) electrons. The van der Waals surface area contributed by atoms with Crippen LogP contribution in [0.1, 0.15) is 142 Å². The van der Waals surface area contributed by atoms with E-state index >= 15 is 0 Å². The monoisotopic (exact) mass is 410 g/mol. The van der Waals surface area contributed by atoms with Gasteiger partial charge in [0.1, 0.15) is 0 Å². The number of unbranched alkanes of at least 4 members (excludes halogenated alkanes) is 14. The summed E-state index contributed by atoms with van der Waals surface area (Å²) >= 11 is 0. The molecule has 0 aromatic rings. The van der Waals surface area contributed by atoms with E-state index in [9.17, 15) is 4.79 Å². The number of hydrogen-bond acceptors (Lipinski definition) is 3. The number of carbonyl (C=O) groups is 1. The van der Waals surface area contributed by atoms with E-state index in [0.717, 1.165) is 19.3 Å². The summed E-state index contributed by atoms with van der Waals surface area (Å²) in [7, 11) is 0. The van der Waals surface area contributed by atoms with E-state index in [1.54, 1.807) is 0 Å². The molecule has 0 N–H and O–H groups in total. The third-order valence-corrected chi connectivity index (χ3v) is 6.16. The van der Waals surface area contributed by atoms with Crippen LogP contribution in [0, 0.1) is 0 Å². The number of ether oxygens (including phenoxy) is 2. The predicted molar refractivity (Wildman–Crippen MR) is 123 cm³/mol. The van der Waals surface area contributed by atoms with Crippen LogP contribution in [0.2, 0.25) is 0 Å². The molecular weight excluding hydrogens is 360 g/mol. The van der Waals surface area contributed by atoms with Crippen molar-refractivity contribution >= 4 is 5.97 Å². The van der Waals surface area contributed by atoms with Crippen molar-refractivity contribution in [1.29, 1.82) is 0 Å². The van der Waals surface area contributed by atoms with Crippen LogP contribution in [0.15, 0.2) is 0 Å². The summed E-state index contributed by atoms with van der Waals surface area (Å²) < 4.78 is 11.1. The SMILES string of the molecule is CCCCCCCCOC(=O)CCCCCCCC1OC1CCCCCCCC. The predicted octanol–water partition coefficient (Wildman–Crippen LogP) is 8.14. The van der Waals surface area contributed by atoms with Crippen molar-refractivity contribution in [3.8, 4) is 0 Å². The fourth-order valence-electron chi connectivity index (χ4n) is 4.10. The zero-order valence-electron chi connectivity index (χ0n) is 19.7. The number of hydrogen-bond donors (Lipinski definition) is 0. The van der Waals surface area contributed by atoms with E-state index in [-0.39, 0.29) is 5.97 Å². The van der Waals surface area contributed by atoms with Crippen molar-refractivity contribution in [3.63, 3.8) is 0 Å². The Morgan fingerprint density at radius 2 is 1.07 bits per heavy atom. The molecule has 1 aliphatic heterocycles. The Morgan fingerprint density at radius 1 is 0.621 bits per heavy atom. The lowest BCUT2D eigenvalue weighted by Crippen LogP contribution is -2.05. The molecule has 1 saturated heterocycles. The third-order valence-electron chi connectivity index (χ3n) is 6.16. The molecule has 2 atom stereocenters. The summed E-state index contributed by atoms with van der Waals surface area (Å²) in [5, 5.41) is 0. The molecule has 172 valence electrons. The normalized spacial score (nSPS) is 18.1. The Bertz CT molecular complexity index is 369. The largest absolute Gasteiger partial charge is 0.466 e. The summed E-state index contributed by atoms with van der Waals surface area (Å²) in [6.07, 6.45) is 25.8. The number of carbonyl (C=O) groups excluding carboxylic acids is 1. The molecule has 0 saturated carbocycles. The van der Waals surface area contributed by atoms with Crippen LogP contribution in [0.4, 0.5) is 0 Å². The Kier molecular flexibility index (Phi) is 17.7. The maximum atomic E-state index is 11.7. The summed E-state index contributed by atoms with van der Waals surface area (Å²) in [6.45, 7) is 5.12. The molecule has 1 heterocycles. The van der Waals surface area contributed by atoms with E-state index in [0.29, 0.717) is 25.2 Å². The second-order valence-electron chi connectivity index (χ2n) is 9.06. The van der Waals surface area contributed by atoms with Crippen LogP contribution in [-0.2, 0) is 14.3 Å². The van der Waals surface area contributed by atoms with Gasteiger partial charge in [-0.25, -0.2) is 0 Å². The fraction of sp³-hybridized carbons (Fsp3) is 0.962. The minimum absolute atomic E-state index is 0.00229. The van der Waals surface area contributed by atoms with Gasteiger partial charge >= 0.3 is 5.97 Å². The lowest BCUT2D eigenvalue weighted by molar-refractivity contribution is -0.143. The summed E-state index contributed by atoms with van der Waals surface area (Å²) in [6, 6.07) is 0. The van der Waals surface area contributed by atoms with Crippen LogP contribution < -0.4 is 0 Å². The van der Waals surface area contributed by atoms with Crippen molar-refractivity contribution in [2.24, 2.45) is 0 Å². The average molecular weight is 411 g/mol. The van der Waals surface area contributed by atoms with Crippen LogP contribution in [-0.4, -0.2) is 24.8 Å². The summed E-state index contributed by atoms with van der Waals surface area (Å²) in [5.41, 5.74) is 0. The smallest absolute Gasteiger partial charge is 0.305 e. The average Bonchev–Trinajstić information content (AvgIpc) is 3.47. The lowest BCUT2D eigenvalue weighted by atomic mass is 10.0. The highest BCUT2D eigenvalue weighted by Gasteiger charge is 2.36. The first kappa shape index (κ1) is 26.5. The summed E-state index contributed by atoms with van der Waals surface area (Å²) in [4.78, 5) is 11.7. The molecule has 2 unspecified atom stereocenters. The molecule has 1 rings (SSSR count). The van der Waals surface area contributed by atoms with Crippen molar-refractivity contribution in [2.45, 2.75) is 154 Å². The first-order chi connectivity index (χ1) is 14.3. The second-order valence-corrected chi connectivity index (χ2v) is 9.06. The second kappa shape index (κ2) is 19.4. The van der Waals surface area contributed by atoms with Crippen LogP contribution in [0.25, 0.3) is 0 Å². The molecule has 0 amide bonds. The Labute approximate surface area is 181 Å². The van der Waals surface area contributed by atoms with E-state index < -0.39 is 0 Å². The number of rotatable bonds is 22. The first-order valence-corrected chi connectivity index (χ1v) is 13.1. The van der Waals surface area contributed by atoms with Crippen molar-refractivity contribution < 1.29 is 14.3 Å². The third kappa shape index (κ3) is 16.9. The van der Waals surface area contributed by atoms with E-state index in [2.05, 4.69) is 13.8 Å². The van der Waals surface area contributed by atoms with Gasteiger partial charge in [-0.3, -0.25) is 4.79 Å². The zero-order valence-corrected chi connectivity index (χ0v) is 19.7. The van der Waals surface area contributed by atoms with Gasteiger partial charge in [-0.15, -0.1) is 0 Å². The molecule has 1 aliphatic rings. The van der Waals surface area contributed by atoms with Crippen molar-refractivity contribution in [1.82, 2.24) is 0 Å². The van der Waals surface area contributed by atoms with Gasteiger partial charge in [0, 0.05) is 6.42 Å². The van der Waals surface area contributed by atoms with Crippen LogP contribution in [0.5, 0.6) is 0 Å². The highest BCUT2D eigenvalue weighted by Crippen LogP contribution is 2.31. The van der Waals surface area contributed by atoms with E-state index in [4.69, 9.17) is 9.47 Å². The Balaban J connectivity index is 1.75. The maximum Gasteiger partial charge on any atom is 0.305 e. The topological polar surface area (TPSA) is 38.8 Å². The lowest BCUT2D eigenvalue weighted by Gasteiger charge is -2.05. The molecule has 3 nitrogen and oxygen atoms in total. The van der Waals surface area contributed by atoms with Gasteiger partial charge in [0.2, 0.25) is 0 Å². The highest BCUT2D eigenvalue weighted by molar-refractivity contribution is 5.69. The maximum absolute atomic E-state index is 11.7. The van der Waals surface area contributed by atoms with E-state index in [1.807, 2.05) is 0 Å². The quantitative estimate of drug-likeness (QED) is 0.103. The van der Waals surface area contributed by atoms with Gasteiger partial charge in [0.15, 0.2) is 0 Å². The molecule has 29 heavy (non-hydrogen) atoms. The van der Waals surface area contributed by atoms with Crippen LogP contribution in [0.3, 0.4) is 0 Å². The van der Waals surface area contributed by atoms with Gasteiger partial charge < -0.3 is 9.47 Å². The zero-order chi connectivity index (χ0) is 21.0. The van der Waals surface area contributed by atoms with Gasteiger partial charge in [-0.2, -0.15) is 0 Å². The van der Waals surface area contributed by atoms with Crippen molar-refractivity contribution in [3.05, 3.63) is 0 Å². The fourth-order valence-corrected chi connectivity index (χ4v) is 4.10. The van der Waals surface area contributed by atoms with Crippen LogP contribution >= 0.6 is 0 Å². The molecule has 0 aromatic carbocycles. The molecular formula is C26H50O3.